The molecule has 0 saturated heterocycles. The number of carbonyl (C=O) groups excluding carboxylic acids is 3. The maximum Gasteiger partial charge on any atom is 0.326 e. The lowest BCUT2D eigenvalue weighted by atomic mass is 10.1. The average Bonchev–Trinajstić information content (AvgIpc) is 3.23. The number of nitrogens with zero attached hydrogens (tertiary/aromatic N) is 1. The number of carboxylic acid groups (broad SMARTS) is 2. The molecule has 0 aromatic carbocycles. The fourth-order valence-corrected chi connectivity index (χ4v) is 2.67. The van der Waals surface area contributed by atoms with Gasteiger partial charge in [0.15, 0.2) is 0 Å². The van der Waals surface area contributed by atoms with E-state index in [1.165, 1.54) is 12.5 Å². The number of amides is 3. The highest BCUT2D eigenvalue weighted by Gasteiger charge is 2.27. The van der Waals surface area contributed by atoms with Crippen LogP contribution in [-0.4, -0.2) is 81.1 Å². The van der Waals surface area contributed by atoms with Crippen LogP contribution in [0.2, 0.25) is 0 Å². The van der Waals surface area contributed by atoms with Gasteiger partial charge in [0, 0.05) is 18.3 Å². The molecule has 1 heterocycles. The number of aliphatic carboxylic acids is 2. The maximum absolute atomic E-state index is 12.3. The number of nitrogens with one attached hydrogen (secondary N) is 4. The Bertz CT molecular complexity index is 785. The third kappa shape index (κ3) is 9.99. The molecule has 1 aromatic heterocycles. The zero-order valence-electron chi connectivity index (χ0n) is 17.4. The van der Waals surface area contributed by atoms with Crippen LogP contribution in [0.3, 0.4) is 0 Å². The predicted octanol–water partition coefficient (Wildman–Crippen LogP) is -2.95. The molecule has 3 amide bonds. The number of H-pyrrole nitrogens is 1. The Kier molecular flexibility index (Phi) is 11.4. The van der Waals surface area contributed by atoms with Gasteiger partial charge in [-0.05, 0) is 25.8 Å². The Morgan fingerprint density at radius 1 is 1.06 bits per heavy atom. The highest BCUT2D eigenvalue weighted by molar-refractivity contribution is 5.94. The van der Waals surface area contributed by atoms with Crippen molar-refractivity contribution in [2.24, 2.45) is 11.5 Å². The number of nitrogens with two attached hydrogens (primary N) is 2. The SMILES string of the molecule is NCCCCC(NC(=O)CNC(=O)C(CC(=O)O)NC(=O)C(N)Cc1cnc[nH]1)C(=O)O. The molecule has 1 rings (SSSR count). The van der Waals surface area contributed by atoms with Crippen LogP contribution >= 0.6 is 0 Å². The van der Waals surface area contributed by atoms with Gasteiger partial charge in [0.05, 0.1) is 25.3 Å². The molecule has 0 fully saturated rings. The molecule has 1 aromatic rings. The summed E-state index contributed by atoms with van der Waals surface area (Å²) >= 11 is 0. The molecule has 0 spiro atoms. The Balaban J connectivity index is 2.61. The number of carboxylic acids is 2. The summed E-state index contributed by atoms with van der Waals surface area (Å²) in [7, 11) is 0. The van der Waals surface area contributed by atoms with E-state index in [1.807, 2.05) is 0 Å². The molecule has 10 N–H and O–H groups in total. The van der Waals surface area contributed by atoms with Gasteiger partial charge in [-0.2, -0.15) is 0 Å². The van der Waals surface area contributed by atoms with Crippen molar-refractivity contribution in [1.82, 2.24) is 25.9 Å². The Morgan fingerprint density at radius 2 is 1.78 bits per heavy atom. The van der Waals surface area contributed by atoms with Crippen LogP contribution in [0, 0.1) is 0 Å². The summed E-state index contributed by atoms with van der Waals surface area (Å²) in [4.78, 5) is 65.5. The smallest absolute Gasteiger partial charge is 0.326 e. The summed E-state index contributed by atoms with van der Waals surface area (Å²) in [5, 5.41) is 24.9. The van der Waals surface area contributed by atoms with Gasteiger partial charge >= 0.3 is 11.9 Å². The first-order valence-corrected chi connectivity index (χ1v) is 9.89. The normalized spacial score (nSPS) is 13.4. The van der Waals surface area contributed by atoms with E-state index in [2.05, 4.69) is 25.9 Å². The van der Waals surface area contributed by atoms with E-state index < -0.39 is 60.8 Å². The zero-order valence-corrected chi connectivity index (χ0v) is 17.4. The van der Waals surface area contributed by atoms with E-state index in [9.17, 15) is 24.0 Å². The summed E-state index contributed by atoms with van der Waals surface area (Å²) in [5.74, 6) is -5.07. The summed E-state index contributed by atoms with van der Waals surface area (Å²) in [6.07, 6.45) is 3.45. The van der Waals surface area contributed by atoms with Crippen molar-refractivity contribution in [3.8, 4) is 0 Å². The molecule has 0 saturated carbocycles. The van der Waals surface area contributed by atoms with Crippen molar-refractivity contribution in [1.29, 1.82) is 0 Å². The lowest BCUT2D eigenvalue weighted by Gasteiger charge is -2.20. The van der Waals surface area contributed by atoms with Gasteiger partial charge in [0.1, 0.15) is 12.1 Å². The number of imidazole rings is 1. The number of aromatic amines is 1. The third-order valence-corrected chi connectivity index (χ3v) is 4.35. The molecule has 3 unspecified atom stereocenters. The van der Waals surface area contributed by atoms with E-state index in [1.54, 1.807) is 0 Å². The number of hydrogen-bond donors (Lipinski definition) is 8. The fraction of sp³-hybridized carbons (Fsp3) is 0.556. The van der Waals surface area contributed by atoms with Gasteiger partial charge in [0.2, 0.25) is 17.7 Å². The fourth-order valence-electron chi connectivity index (χ4n) is 2.67. The van der Waals surface area contributed by atoms with Gasteiger partial charge in [-0.25, -0.2) is 9.78 Å². The van der Waals surface area contributed by atoms with Gasteiger partial charge in [0.25, 0.3) is 0 Å². The number of aromatic nitrogens is 2. The number of hydrogen-bond acceptors (Lipinski definition) is 8. The maximum atomic E-state index is 12.3. The number of carbonyl (C=O) groups is 5. The van der Waals surface area contributed by atoms with Gasteiger partial charge < -0.3 is 42.6 Å². The minimum Gasteiger partial charge on any atom is -0.481 e. The Labute approximate surface area is 183 Å². The first-order chi connectivity index (χ1) is 15.1. The standard InChI is InChI=1S/C18H29N7O7/c19-4-2-1-3-12(18(31)32)24-14(26)8-22-17(30)13(6-15(27)28)25-16(29)11(20)5-10-7-21-9-23-10/h7,9,11-13H,1-6,8,19-20H2,(H,21,23)(H,22,30)(H,24,26)(H,25,29)(H,27,28)(H,31,32). The largest absolute Gasteiger partial charge is 0.481 e. The highest BCUT2D eigenvalue weighted by atomic mass is 16.4. The van der Waals surface area contributed by atoms with Crippen molar-refractivity contribution >= 4 is 29.7 Å². The summed E-state index contributed by atoms with van der Waals surface area (Å²) in [5.41, 5.74) is 11.7. The second-order valence-electron chi connectivity index (χ2n) is 7.01. The minimum atomic E-state index is -1.49. The monoisotopic (exact) mass is 455 g/mol. The Morgan fingerprint density at radius 3 is 2.34 bits per heavy atom. The Hall–Kier alpha value is -3.52. The van der Waals surface area contributed by atoms with Crippen LogP contribution in [0.5, 0.6) is 0 Å². The van der Waals surface area contributed by atoms with Crippen LogP contribution in [0.4, 0.5) is 0 Å². The summed E-state index contributed by atoms with van der Waals surface area (Å²) < 4.78 is 0. The van der Waals surface area contributed by atoms with E-state index in [0.717, 1.165) is 0 Å². The van der Waals surface area contributed by atoms with Crippen LogP contribution in [0.15, 0.2) is 12.5 Å². The quantitative estimate of drug-likeness (QED) is 0.125. The molecular formula is C18H29N7O7. The van der Waals surface area contributed by atoms with Crippen molar-refractivity contribution < 1.29 is 34.2 Å². The van der Waals surface area contributed by atoms with Crippen molar-refractivity contribution in [3.05, 3.63) is 18.2 Å². The first kappa shape index (κ1) is 26.5. The number of rotatable bonds is 15. The van der Waals surface area contributed by atoms with Crippen molar-refractivity contribution in [2.45, 2.75) is 50.2 Å². The van der Waals surface area contributed by atoms with Crippen LogP contribution < -0.4 is 27.4 Å². The second-order valence-corrected chi connectivity index (χ2v) is 7.01. The topological polar surface area (TPSA) is 243 Å². The third-order valence-electron chi connectivity index (χ3n) is 4.35. The van der Waals surface area contributed by atoms with Crippen LogP contribution in [0.1, 0.15) is 31.4 Å². The summed E-state index contributed by atoms with van der Waals surface area (Å²) in [6.45, 7) is -0.218. The van der Waals surface area contributed by atoms with E-state index in [-0.39, 0.29) is 12.8 Å². The molecule has 14 heteroatoms. The minimum absolute atomic E-state index is 0.0797. The first-order valence-electron chi connectivity index (χ1n) is 9.89. The molecule has 0 aliphatic rings. The zero-order chi connectivity index (χ0) is 24.1. The van der Waals surface area contributed by atoms with Gasteiger partial charge in [-0.3, -0.25) is 19.2 Å². The van der Waals surface area contributed by atoms with Crippen molar-refractivity contribution in [2.75, 3.05) is 13.1 Å². The van der Waals surface area contributed by atoms with Gasteiger partial charge in [-0.15, -0.1) is 0 Å². The van der Waals surface area contributed by atoms with Crippen molar-refractivity contribution in [3.63, 3.8) is 0 Å². The van der Waals surface area contributed by atoms with Gasteiger partial charge in [-0.1, -0.05) is 0 Å². The lowest BCUT2D eigenvalue weighted by Crippen LogP contribution is -2.54. The van der Waals surface area contributed by atoms with Crippen LogP contribution in [-0.2, 0) is 30.4 Å². The molecule has 14 nitrogen and oxygen atoms in total. The summed E-state index contributed by atoms with van der Waals surface area (Å²) in [6, 6.07) is -3.71. The van der Waals surface area contributed by atoms with Crippen LogP contribution in [0.25, 0.3) is 0 Å². The molecule has 32 heavy (non-hydrogen) atoms. The van der Waals surface area contributed by atoms with E-state index >= 15 is 0 Å². The second kappa shape index (κ2) is 13.7. The molecular weight excluding hydrogens is 426 g/mol. The average molecular weight is 455 g/mol. The molecule has 0 bridgehead atoms. The number of unbranched alkanes of at least 4 members (excludes halogenated alkanes) is 1. The molecule has 0 aliphatic carbocycles. The predicted molar refractivity (Wildman–Crippen MR) is 110 cm³/mol. The lowest BCUT2D eigenvalue weighted by molar-refractivity contribution is -0.142. The molecule has 3 atom stereocenters. The molecule has 0 radical (unpaired) electrons. The van der Waals surface area contributed by atoms with E-state index in [4.69, 9.17) is 21.7 Å². The van der Waals surface area contributed by atoms with E-state index in [0.29, 0.717) is 25.1 Å². The molecule has 0 aliphatic heterocycles. The highest BCUT2D eigenvalue weighted by Crippen LogP contribution is 2.01. The molecule has 178 valence electrons.